The molecule has 404 valence electrons. The molecule has 6 heteroatoms. The Morgan fingerprint density at radius 1 is 0.292 bits per heavy atom. The Kier molecular flexibility index (Phi) is 55.0. The molecule has 0 saturated heterocycles. The number of rotatable bonds is 50. The van der Waals surface area contributed by atoms with Gasteiger partial charge in [0.1, 0.15) is 13.2 Å². The molecule has 0 aliphatic carbocycles. The van der Waals surface area contributed by atoms with Crippen LogP contribution in [-0.4, -0.2) is 37.2 Å². The van der Waals surface area contributed by atoms with E-state index in [1.807, 2.05) is 12.2 Å². The monoisotopic (exact) mass is 993 g/mol. The lowest BCUT2D eigenvalue weighted by Gasteiger charge is -2.18. The summed E-state index contributed by atoms with van der Waals surface area (Å²) in [6.45, 7) is 6.29. The van der Waals surface area contributed by atoms with Gasteiger partial charge in [0.2, 0.25) is 0 Å². The zero-order valence-corrected chi connectivity index (χ0v) is 46.1. The van der Waals surface area contributed by atoms with E-state index in [9.17, 15) is 14.4 Å². The Balaban J connectivity index is 4.47. The predicted octanol–water partition coefficient (Wildman–Crippen LogP) is 19.6. The van der Waals surface area contributed by atoms with Crippen molar-refractivity contribution >= 4 is 17.9 Å². The van der Waals surface area contributed by atoms with Gasteiger partial charge in [0.15, 0.2) is 6.10 Å². The second kappa shape index (κ2) is 58.9. The smallest absolute Gasteiger partial charge is 0.306 e. The van der Waals surface area contributed by atoms with Gasteiger partial charge in [-0.1, -0.05) is 231 Å². The van der Waals surface area contributed by atoms with Crippen LogP contribution in [0.2, 0.25) is 0 Å². The molecular weight excluding hydrogens is 889 g/mol. The largest absolute Gasteiger partial charge is 0.462 e. The van der Waals surface area contributed by atoms with E-state index in [1.165, 1.54) is 44.9 Å². The summed E-state index contributed by atoms with van der Waals surface area (Å²) in [6.07, 6.45) is 84.2. The topological polar surface area (TPSA) is 78.9 Å². The van der Waals surface area contributed by atoms with Crippen molar-refractivity contribution in [1.29, 1.82) is 0 Å². The Morgan fingerprint density at radius 2 is 0.569 bits per heavy atom. The minimum Gasteiger partial charge on any atom is -0.462 e. The first-order valence-electron chi connectivity index (χ1n) is 28.8. The fourth-order valence-electron chi connectivity index (χ4n) is 7.31. The first-order chi connectivity index (χ1) is 35.5. The SMILES string of the molecule is CC/C=C\C/C=C\C/C=C\C/C=C\C/C=C\C/C=C\CCCCCCCCC(=O)OCC(COC(=O)CC/C=C\C/C=C\C/C=C\C/C=C\CC)OC(=O)CCCCCCC/C=C\C/C=C\CCCCCC. The lowest BCUT2D eigenvalue weighted by Crippen LogP contribution is -2.30. The van der Waals surface area contributed by atoms with Crippen LogP contribution >= 0.6 is 0 Å². The van der Waals surface area contributed by atoms with E-state index in [0.717, 1.165) is 141 Å². The van der Waals surface area contributed by atoms with Gasteiger partial charge in [0.25, 0.3) is 0 Å². The minimum absolute atomic E-state index is 0.119. The van der Waals surface area contributed by atoms with E-state index in [0.29, 0.717) is 12.8 Å². The molecule has 1 unspecified atom stereocenters. The van der Waals surface area contributed by atoms with Crippen molar-refractivity contribution in [2.45, 2.75) is 239 Å². The van der Waals surface area contributed by atoms with Gasteiger partial charge >= 0.3 is 17.9 Å². The summed E-state index contributed by atoms with van der Waals surface area (Å²) in [7, 11) is 0. The van der Waals surface area contributed by atoms with E-state index in [2.05, 4.69) is 154 Å². The summed E-state index contributed by atoms with van der Waals surface area (Å²) in [5.41, 5.74) is 0. The van der Waals surface area contributed by atoms with E-state index in [4.69, 9.17) is 14.2 Å². The van der Waals surface area contributed by atoms with Crippen molar-refractivity contribution in [3.63, 3.8) is 0 Å². The molecule has 0 aromatic heterocycles. The normalized spacial score (nSPS) is 13.2. The first kappa shape index (κ1) is 67.3. The van der Waals surface area contributed by atoms with Gasteiger partial charge in [0, 0.05) is 19.3 Å². The van der Waals surface area contributed by atoms with Crippen molar-refractivity contribution in [1.82, 2.24) is 0 Å². The first-order valence-corrected chi connectivity index (χ1v) is 28.8. The summed E-state index contributed by atoms with van der Waals surface area (Å²) in [4.78, 5) is 38.1. The van der Waals surface area contributed by atoms with E-state index >= 15 is 0 Å². The third kappa shape index (κ3) is 56.2. The highest BCUT2D eigenvalue weighted by molar-refractivity contribution is 5.71. The zero-order valence-electron chi connectivity index (χ0n) is 46.1. The van der Waals surface area contributed by atoms with Gasteiger partial charge in [-0.2, -0.15) is 0 Å². The van der Waals surface area contributed by atoms with Crippen molar-refractivity contribution < 1.29 is 28.6 Å². The van der Waals surface area contributed by atoms with Crippen LogP contribution in [0.4, 0.5) is 0 Å². The summed E-state index contributed by atoms with van der Waals surface area (Å²) < 4.78 is 16.8. The molecule has 0 amide bonds. The van der Waals surface area contributed by atoms with Crippen molar-refractivity contribution in [3.8, 4) is 0 Å². The van der Waals surface area contributed by atoms with Crippen molar-refractivity contribution in [3.05, 3.63) is 146 Å². The van der Waals surface area contributed by atoms with Gasteiger partial charge in [0.05, 0.1) is 0 Å². The van der Waals surface area contributed by atoms with Crippen LogP contribution in [0.5, 0.6) is 0 Å². The Bertz CT molecular complexity index is 1610. The Labute approximate surface area is 442 Å². The van der Waals surface area contributed by atoms with Crippen LogP contribution < -0.4 is 0 Å². The van der Waals surface area contributed by atoms with Crippen LogP contribution in [-0.2, 0) is 28.6 Å². The molecular formula is C66H104O6. The second-order valence-electron chi connectivity index (χ2n) is 18.4. The standard InChI is InChI=1S/C66H104O6/c1-4-7-10-13-16-19-22-25-27-29-30-31-32-33-34-35-36-37-39-41-44-47-50-53-56-59-65(68)71-62-63(61-70-64(67)58-55-52-49-46-43-40-24-21-18-15-12-9-6-3)72-66(69)60-57-54-51-48-45-42-38-28-26-23-20-17-14-11-8-5-2/h7,9-10,12,16,18-21,23,25,27-28,30-31,33-34,36-38,40,43,49,52,63H,4-6,8,11,13-15,17,22,24,26,29,32,35,39,41-42,44-48,50-51,53-62H2,1-3H3/b10-7-,12-9-,19-16-,21-18-,23-20-,27-25-,31-30-,34-33-,37-36-,38-28-,43-40-,52-49-. The fourth-order valence-corrected chi connectivity index (χ4v) is 7.31. The maximum atomic E-state index is 12.8. The summed E-state index contributed by atoms with van der Waals surface area (Å²) in [6, 6.07) is 0. The third-order valence-electron chi connectivity index (χ3n) is 11.6. The number of carbonyl (C=O) groups is 3. The molecule has 0 rings (SSSR count). The average molecular weight is 994 g/mol. The molecule has 0 fully saturated rings. The average Bonchev–Trinajstić information content (AvgIpc) is 3.38. The number of unbranched alkanes of at least 4 members (excludes halogenated alkanes) is 15. The number of hydrogen-bond donors (Lipinski definition) is 0. The van der Waals surface area contributed by atoms with Crippen LogP contribution in [0.25, 0.3) is 0 Å². The molecule has 0 spiro atoms. The molecule has 0 aliphatic heterocycles. The van der Waals surface area contributed by atoms with Crippen molar-refractivity contribution in [2.75, 3.05) is 13.2 Å². The number of carbonyl (C=O) groups excluding carboxylic acids is 3. The third-order valence-corrected chi connectivity index (χ3v) is 11.6. The number of hydrogen-bond acceptors (Lipinski definition) is 6. The molecule has 0 heterocycles. The van der Waals surface area contributed by atoms with Gasteiger partial charge in [-0.15, -0.1) is 0 Å². The lowest BCUT2D eigenvalue weighted by molar-refractivity contribution is -0.166. The summed E-state index contributed by atoms with van der Waals surface area (Å²) in [5.74, 6) is -1.04. The van der Waals surface area contributed by atoms with E-state index in [1.54, 1.807) is 0 Å². The molecule has 1 atom stereocenters. The fraction of sp³-hybridized carbons (Fsp3) is 0.591. The number of esters is 3. The highest BCUT2D eigenvalue weighted by atomic mass is 16.6. The Hall–Kier alpha value is -4.71. The minimum atomic E-state index is -0.827. The lowest BCUT2D eigenvalue weighted by atomic mass is 10.1. The van der Waals surface area contributed by atoms with Crippen LogP contribution in [0.3, 0.4) is 0 Å². The molecule has 0 aromatic carbocycles. The van der Waals surface area contributed by atoms with Crippen LogP contribution in [0, 0.1) is 0 Å². The molecule has 0 aromatic rings. The molecule has 0 bridgehead atoms. The second-order valence-corrected chi connectivity index (χ2v) is 18.4. The summed E-state index contributed by atoms with van der Waals surface area (Å²) >= 11 is 0. The van der Waals surface area contributed by atoms with Crippen molar-refractivity contribution in [2.24, 2.45) is 0 Å². The highest BCUT2D eigenvalue weighted by Crippen LogP contribution is 2.13. The molecule has 72 heavy (non-hydrogen) atoms. The molecule has 0 saturated carbocycles. The molecule has 0 aliphatic rings. The number of allylic oxidation sites excluding steroid dienone is 24. The van der Waals surface area contributed by atoms with Gasteiger partial charge in [-0.3, -0.25) is 14.4 Å². The van der Waals surface area contributed by atoms with Gasteiger partial charge < -0.3 is 14.2 Å². The van der Waals surface area contributed by atoms with Crippen LogP contribution in [0.15, 0.2) is 146 Å². The van der Waals surface area contributed by atoms with Crippen LogP contribution in [0.1, 0.15) is 233 Å². The quantitative estimate of drug-likeness (QED) is 0.0261. The maximum Gasteiger partial charge on any atom is 0.306 e. The van der Waals surface area contributed by atoms with E-state index in [-0.39, 0.29) is 44.0 Å². The maximum absolute atomic E-state index is 12.8. The van der Waals surface area contributed by atoms with Gasteiger partial charge in [-0.05, 0) is 128 Å². The van der Waals surface area contributed by atoms with Gasteiger partial charge in [-0.25, -0.2) is 0 Å². The predicted molar refractivity (Wildman–Crippen MR) is 311 cm³/mol. The Morgan fingerprint density at radius 3 is 0.931 bits per heavy atom. The molecule has 0 N–H and O–H groups in total. The highest BCUT2D eigenvalue weighted by Gasteiger charge is 2.19. The number of ether oxygens (including phenoxy) is 3. The van der Waals surface area contributed by atoms with E-state index < -0.39 is 6.10 Å². The summed E-state index contributed by atoms with van der Waals surface area (Å²) in [5, 5.41) is 0. The molecule has 0 radical (unpaired) electrons. The zero-order chi connectivity index (χ0) is 52.2. The molecule has 6 nitrogen and oxygen atoms in total.